The van der Waals surface area contributed by atoms with Gasteiger partial charge in [0.25, 0.3) is 0 Å². The van der Waals surface area contributed by atoms with E-state index in [1.807, 2.05) is 13.8 Å². The molecule has 0 saturated heterocycles. The molecule has 3 unspecified atom stereocenters. The average Bonchev–Trinajstić information content (AvgIpc) is 2.69. The maximum absolute atomic E-state index is 13.5. The first kappa shape index (κ1) is 21.9. The van der Waals surface area contributed by atoms with E-state index in [1.165, 1.54) is 17.2 Å². The summed E-state index contributed by atoms with van der Waals surface area (Å²) in [6.07, 6.45) is 7.60. The van der Waals surface area contributed by atoms with Crippen LogP contribution in [0.3, 0.4) is 0 Å². The predicted molar refractivity (Wildman–Crippen MR) is 121 cm³/mol. The fourth-order valence-corrected chi connectivity index (χ4v) is 5.47. The number of ether oxygens (including phenoxy) is 1. The molecule has 164 valence electrons. The van der Waals surface area contributed by atoms with E-state index in [9.17, 15) is 19.8 Å². The second-order valence-electron chi connectivity index (χ2n) is 9.30. The summed E-state index contributed by atoms with van der Waals surface area (Å²) in [6, 6.07) is 1.25. The summed E-state index contributed by atoms with van der Waals surface area (Å²) in [5.41, 5.74) is 2.06. The van der Waals surface area contributed by atoms with Gasteiger partial charge >= 0.3 is 0 Å². The third-order valence-electron chi connectivity index (χ3n) is 6.78. The number of halogens is 1. The maximum atomic E-state index is 13.5. The van der Waals surface area contributed by atoms with Gasteiger partial charge in [-0.1, -0.05) is 23.3 Å². The van der Waals surface area contributed by atoms with E-state index in [-0.39, 0.29) is 44.7 Å². The molecule has 1 aromatic rings. The molecule has 0 radical (unpaired) electrons. The fourth-order valence-electron chi connectivity index (χ4n) is 5.16. The van der Waals surface area contributed by atoms with Gasteiger partial charge in [-0.2, -0.15) is 0 Å². The summed E-state index contributed by atoms with van der Waals surface area (Å²) in [7, 11) is 0. The Bertz CT molecular complexity index is 1090. The number of allylic oxidation sites excluding steroid dienone is 6. The van der Waals surface area contributed by atoms with Crippen LogP contribution in [0.25, 0.3) is 0 Å². The lowest BCUT2D eigenvalue weighted by Gasteiger charge is -2.49. The molecule has 0 bridgehead atoms. The second kappa shape index (κ2) is 7.66. The molecule has 0 spiro atoms. The predicted octanol–water partition coefficient (Wildman–Crippen LogP) is 6.00. The monoisotopic (exact) mass is 486 g/mol. The van der Waals surface area contributed by atoms with E-state index in [4.69, 9.17) is 4.74 Å². The molecule has 2 aliphatic carbocycles. The highest BCUT2D eigenvalue weighted by Gasteiger charge is 2.53. The summed E-state index contributed by atoms with van der Waals surface area (Å²) in [5.74, 6) is -1.72. The average molecular weight is 487 g/mol. The molecule has 3 atom stereocenters. The highest BCUT2D eigenvalue weighted by atomic mass is 79.9. The number of carbonyl (C=O) groups excluding carboxylic acids is 2. The van der Waals surface area contributed by atoms with Gasteiger partial charge < -0.3 is 14.9 Å². The Balaban J connectivity index is 1.87. The van der Waals surface area contributed by atoms with Crippen LogP contribution in [-0.4, -0.2) is 27.4 Å². The number of hydrogen-bond donors (Lipinski definition) is 2. The van der Waals surface area contributed by atoms with Crippen molar-refractivity contribution in [2.45, 2.75) is 59.0 Å². The first-order valence-electron chi connectivity index (χ1n) is 10.6. The summed E-state index contributed by atoms with van der Waals surface area (Å²) >= 11 is 3.09. The minimum atomic E-state index is -0.607. The molecule has 3 aliphatic rings. The van der Waals surface area contributed by atoms with Crippen molar-refractivity contribution in [2.75, 3.05) is 0 Å². The molecule has 5 nitrogen and oxygen atoms in total. The number of hydrogen-bond acceptors (Lipinski definition) is 5. The maximum Gasteiger partial charge on any atom is 0.232 e. The zero-order chi connectivity index (χ0) is 22.7. The molecule has 6 heteroatoms. The lowest BCUT2D eigenvalue weighted by atomic mass is 9.63. The molecule has 2 N–H and O–H groups in total. The molecule has 1 aromatic carbocycles. The number of ketones is 2. The number of rotatable bonds is 3. The number of phenolic OH excluding ortho intramolecular Hbond substituents is 2. The van der Waals surface area contributed by atoms with Crippen molar-refractivity contribution >= 4 is 27.5 Å². The summed E-state index contributed by atoms with van der Waals surface area (Å²) in [5, 5.41) is 20.7. The van der Waals surface area contributed by atoms with Crippen molar-refractivity contribution in [3.63, 3.8) is 0 Å². The Labute approximate surface area is 190 Å². The first-order valence-corrected chi connectivity index (χ1v) is 11.4. The molecular weight excluding hydrogens is 460 g/mol. The van der Waals surface area contributed by atoms with Gasteiger partial charge in [0.05, 0.1) is 11.1 Å². The number of phenols is 2. The van der Waals surface area contributed by atoms with Crippen LogP contribution in [0.1, 0.15) is 74.1 Å². The van der Waals surface area contributed by atoms with Gasteiger partial charge in [0.2, 0.25) is 5.78 Å². The third kappa shape index (κ3) is 3.45. The Morgan fingerprint density at radius 3 is 2.68 bits per heavy atom. The van der Waals surface area contributed by atoms with Gasteiger partial charge in [-0.25, -0.2) is 0 Å². The Hall–Kier alpha value is -2.34. The zero-order valence-corrected chi connectivity index (χ0v) is 19.8. The Morgan fingerprint density at radius 2 is 2.00 bits per heavy atom. The lowest BCUT2D eigenvalue weighted by Crippen LogP contribution is -2.50. The molecular formula is C25H27BrO5. The summed E-state index contributed by atoms with van der Waals surface area (Å²) < 4.78 is 6.38. The second-order valence-corrected chi connectivity index (χ2v) is 10.1. The zero-order valence-electron chi connectivity index (χ0n) is 18.2. The van der Waals surface area contributed by atoms with E-state index in [2.05, 4.69) is 41.9 Å². The van der Waals surface area contributed by atoms with E-state index < -0.39 is 17.1 Å². The van der Waals surface area contributed by atoms with Crippen molar-refractivity contribution < 1.29 is 24.5 Å². The first-order chi connectivity index (χ1) is 14.5. The fraction of sp³-hybridized carbons (Fsp3) is 0.440. The number of aromatic hydroxyl groups is 2. The smallest absolute Gasteiger partial charge is 0.232 e. The topological polar surface area (TPSA) is 83.8 Å². The van der Waals surface area contributed by atoms with Crippen LogP contribution in [0.2, 0.25) is 0 Å². The van der Waals surface area contributed by atoms with Crippen LogP contribution in [0, 0.1) is 11.8 Å². The molecule has 0 fully saturated rings. The quantitative estimate of drug-likeness (QED) is 0.511. The number of fused-ring (bicyclic) bond motifs is 3. The van der Waals surface area contributed by atoms with Gasteiger partial charge in [0.15, 0.2) is 11.5 Å². The van der Waals surface area contributed by atoms with Gasteiger partial charge in [-0.05, 0) is 75.4 Å². The Morgan fingerprint density at radius 1 is 1.29 bits per heavy atom. The largest absolute Gasteiger partial charge is 0.507 e. The molecule has 4 rings (SSSR count). The standard InChI is InChI=1S/C25H27BrO5/c1-12(2)6-5-9-25(4)16-8-7-13(3)10-14(16)19-21(28)15-11-17(27)20(26)22(29)18(15)23(30)24(19)31-25/h6,10-11,14,16,27,29H,5,7-9H2,1-4H3. The van der Waals surface area contributed by atoms with E-state index >= 15 is 0 Å². The van der Waals surface area contributed by atoms with E-state index in [0.717, 1.165) is 25.7 Å². The van der Waals surface area contributed by atoms with Crippen molar-refractivity contribution in [3.8, 4) is 11.5 Å². The van der Waals surface area contributed by atoms with Crippen LogP contribution in [-0.2, 0) is 4.74 Å². The van der Waals surface area contributed by atoms with Crippen LogP contribution in [0.5, 0.6) is 11.5 Å². The number of Topliss-reactive ketones (excluding diaryl/α,β-unsaturated/α-hetero) is 2. The van der Waals surface area contributed by atoms with Crippen molar-refractivity contribution in [1.82, 2.24) is 0 Å². The van der Waals surface area contributed by atoms with Crippen LogP contribution >= 0.6 is 15.9 Å². The SMILES string of the molecule is CC(C)=CCCC1(C)OC2=C(C(=O)c3cc(O)c(Br)c(O)c3C2=O)C2C=C(C)CCC21. The van der Waals surface area contributed by atoms with E-state index in [1.54, 1.807) is 0 Å². The summed E-state index contributed by atoms with van der Waals surface area (Å²) in [6.45, 7) is 8.18. The van der Waals surface area contributed by atoms with Crippen molar-refractivity contribution in [3.05, 3.63) is 56.3 Å². The van der Waals surface area contributed by atoms with E-state index in [0.29, 0.717) is 5.57 Å². The van der Waals surface area contributed by atoms with Crippen LogP contribution in [0.15, 0.2) is 45.2 Å². The molecule has 1 heterocycles. The van der Waals surface area contributed by atoms with Crippen molar-refractivity contribution in [1.29, 1.82) is 0 Å². The van der Waals surface area contributed by atoms with Gasteiger partial charge in [-0.15, -0.1) is 0 Å². The van der Waals surface area contributed by atoms with Crippen molar-refractivity contribution in [2.24, 2.45) is 11.8 Å². The molecule has 31 heavy (non-hydrogen) atoms. The highest BCUT2D eigenvalue weighted by molar-refractivity contribution is 9.10. The lowest BCUT2D eigenvalue weighted by molar-refractivity contribution is -0.0682. The number of benzene rings is 1. The van der Waals surface area contributed by atoms with Gasteiger partial charge in [-0.3, -0.25) is 9.59 Å². The molecule has 1 aliphatic heterocycles. The van der Waals surface area contributed by atoms with Gasteiger partial charge in [0, 0.05) is 17.4 Å². The molecule has 0 aromatic heterocycles. The molecule has 0 saturated carbocycles. The summed E-state index contributed by atoms with van der Waals surface area (Å²) in [4.78, 5) is 27.0. The van der Waals surface area contributed by atoms with Crippen LogP contribution in [0.4, 0.5) is 0 Å². The highest BCUT2D eigenvalue weighted by Crippen LogP contribution is 2.53. The minimum Gasteiger partial charge on any atom is -0.507 e. The Kier molecular flexibility index (Phi) is 5.41. The van der Waals surface area contributed by atoms with Crippen LogP contribution < -0.4 is 0 Å². The number of carbonyl (C=O) groups is 2. The normalized spacial score (nSPS) is 27.1. The third-order valence-corrected chi connectivity index (χ3v) is 7.56. The minimum absolute atomic E-state index is 0.00939. The van der Waals surface area contributed by atoms with Gasteiger partial charge in [0.1, 0.15) is 21.6 Å². The molecule has 0 amide bonds.